The van der Waals surface area contributed by atoms with Crippen LogP contribution in [0, 0.1) is 5.92 Å². The minimum atomic E-state index is -0.654. The number of hydrogen-bond acceptors (Lipinski definition) is 5. The van der Waals surface area contributed by atoms with E-state index in [1.54, 1.807) is 7.11 Å². The van der Waals surface area contributed by atoms with Crippen molar-refractivity contribution in [1.82, 2.24) is 0 Å². The summed E-state index contributed by atoms with van der Waals surface area (Å²) in [4.78, 5) is 0. The van der Waals surface area contributed by atoms with Crippen LogP contribution in [0.1, 0.15) is 25.7 Å². The Bertz CT molecular complexity index is 215. The lowest BCUT2D eigenvalue weighted by Crippen LogP contribution is -2.41. The van der Waals surface area contributed by atoms with Gasteiger partial charge in [0, 0.05) is 20.3 Å². The fourth-order valence-electron chi connectivity index (χ4n) is 2.50. The molecule has 108 valence electrons. The van der Waals surface area contributed by atoms with E-state index in [0.29, 0.717) is 39.6 Å². The van der Waals surface area contributed by atoms with Crippen LogP contribution in [0.2, 0.25) is 0 Å². The van der Waals surface area contributed by atoms with Gasteiger partial charge in [0.15, 0.2) is 0 Å². The van der Waals surface area contributed by atoms with Crippen LogP contribution >= 0.6 is 0 Å². The number of aliphatic hydroxyl groups is 1. The average molecular weight is 261 g/mol. The molecule has 0 amide bonds. The van der Waals surface area contributed by atoms with Crippen molar-refractivity contribution in [3.8, 4) is 0 Å². The number of methoxy groups -OCH3 is 1. The summed E-state index contributed by atoms with van der Waals surface area (Å²) in [5.41, 5.74) is 4.98. The van der Waals surface area contributed by atoms with Crippen LogP contribution in [-0.2, 0) is 14.2 Å². The molecule has 1 rings (SSSR count). The zero-order chi connectivity index (χ0) is 13.3. The zero-order valence-corrected chi connectivity index (χ0v) is 11.4. The molecule has 0 aromatic carbocycles. The third kappa shape index (κ3) is 5.20. The molecule has 2 atom stereocenters. The van der Waals surface area contributed by atoms with Crippen LogP contribution in [0.15, 0.2) is 0 Å². The highest BCUT2D eigenvalue weighted by Gasteiger charge is 2.39. The molecule has 2 unspecified atom stereocenters. The van der Waals surface area contributed by atoms with Gasteiger partial charge >= 0.3 is 0 Å². The first-order valence-electron chi connectivity index (χ1n) is 6.80. The Balaban J connectivity index is 1.97. The molecule has 0 radical (unpaired) electrons. The van der Waals surface area contributed by atoms with Gasteiger partial charge in [-0.15, -0.1) is 0 Å². The molecule has 5 nitrogen and oxygen atoms in total. The van der Waals surface area contributed by atoms with E-state index >= 15 is 0 Å². The van der Waals surface area contributed by atoms with Gasteiger partial charge in [0.2, 0.25) is 0 Å². The maximum Gasteiger partial charge on any atom is 0.0798 e. The molecule has 1 aliphatic carbocycles. The summed E-state index contributed by atoms with van der Waals surface area (Å²) >= 11 is 0. The van der Waals surface area contributed by atoms with Crippen molar-refractivity contribution in [2.24, 2.45) is 11.7 Å². The Hall–Kier alpha value is -0.200. The lowest BCUT2D eigenvalue weighted by molar-refractivity contribution is -0.0131. The molecule has 0 aromatic rings. The fourth-order valence-corrected chi connectivity index (χ4v) is 2.50. The molecule has 0 spiro atoms. The molecular formula is C13H27NO4. The van der Waals surface area contributed by atoms with E-state index in [1.807, 2.05) is 0 Å². The molecule has 0 aromatic heterocycles. The van der Waals surface area contributed by atoms with Gasteiger partial charge in [0.05, 0.1) is 32.0 Å². The lowest BCUT2D eigenvalue weighted by atomic mass is 9.88. The van der Waals surface area contributed by atoms with Crippen molar-refractivity contribution >= 4 is 0 Å². The number of hydrogen-bond donors (Lipinski definition) is 2. The Morgan fingerprint density at radius 3 is 2.50 bits per heavy atom. The highest BCUT2D eigenvalue weighted by Crippen LogP contribution is 2.36. The van der Waals surface area contributed by atoms with E-state index in [1.165, 1.54) is 0 Å². The maximum atomic E-state index is 10.2. The molecule has 0 aliphatic heterocycles. The Kier molecular flexibility index (Phi) is 7.77. The highest BCUT2D eigenvalue weighted by atomic mass is 16.5. The highest BCUT2D eigenvalue weighted by molar-refractivity contribution is 4.92. The molecule has 0 heterocycles. The zero-order valence-electron chi connectivity index (χ0n) is 11.4. The van der Waals surface area contributed by atoms with Gasteiger partial charge in [0.25, 0.3) is 0 Å². The summed E-state index contributed by atoms with van der Waals surface area (Å²) in [7, 11) is 1.65. The molecule has 5 heteroatoms. The van der Waals surface area contributed by atoms with Gasteiger partial charge in [0.1, 0.15) is 0 Å². The molecule has 1 saturated carbocycles. The predicted octanol–water partition coefficient (Wildman–Crippen LogP) is 0.546. The first-order chi connectivity index (χ1) is 8.73. The number of nitrogens with two attached hydrogens (primary N) is 1. The maximum absolute atomic E-state index is 10.2. The number of ether oxygens (including phenoxy) is 3. The van der Waals surface area contributed by atoms with Crippen molar-refractivity contribution in [2.45, 2.75) is 31.3 Å². The third-order valence-corrected chi connectivity index (χ3v) is 3.69. The SMILES string of the molecule is COCCOCCOCCC1CCCC1(O)CN. The standard InChI is InChI=1S/C13H27NO4/c1-16-7-8-18-10-9-17-6-4-12-3-2-5-13(12,15)11-14/h12,15H,2-11,14H2,1H3. The molecule has 18 heavy (non-hydrogen) atoms. The third-order valence-electron chi connectivity index (χ3n) is 3.69. The van der Waals surface area contributed by atoms with Crippen LogP contribution < -0.4 is 5.73 Å². The fraction of sp³-hybridized carbons (Fsp3) is 1.00. The van der Waals surface area contributed by atoms with Crippen LogP contribution in [0.4, 0.5) is 0 Å². The predicted molar refractivity (Wildman–Crippen MR) is 69.5 cm³/mol. The molecule has 1 aliphatic rings. The quantitative estimate of drug-likeness (QED) is 0.562. The van der Waals surface area contributed by atoms with Crippen molar-refractivity contribution in [3.05, 3.63) is 0 Å². The van der Waals surface area contributed by atoms with Crippen molar-refractivity contribution in [1.29, 1.82) is 0 Å². The van der Waals surface area contributed by atoms with Crippen LogP contribution in [-0.4, -0.2) is 57.4 Å². The summed E-state index contributed by atoms with van der Waals surface area (Å²) in [6.07, 6.45) is 3.83. The first kappa shape index (κ1) is 15.9. The summed E-state index contributed by atoms with van der Waals surface area (Å²) in [6, 6.07) is 0. The van der Waals surface area contributed by atoms with Gasteiger partial charge in [-0.3, -0.25) is 0 Å². The lowest BCUT2D eigenvalue weighted by Gasteiger charge is -2.28. The molecule has 3 N–H and O–H groups in total. The van der Waals surface area contributed by atoms with Crippen LogP contribution in [0.5, 0.6) is 0 Å². The van der Waals surface area contributed by atoms with E-state index in [-0.39, 0.29) is 5.92 Å². The van der Waals surface area contributed by atoms with Crippen LogP contribution in [0.25, 0.3) is 0 Å². The minimum absolute atomic E-state index is 0.289. The second-order valence-electron chi connectivity index (χ2n) is 4.90. The van der Waals surface area contributed by atoms with Gasteiger partial charge < -0.3 is 25.1 Å². The molecule has 1 fully saturated rings. The van der Waals surface area contributed by atoms with E-state index < -0.39 is 5.60 Å². The monoisotopic (exact) mass is 261 g/mol. The Labute approximate surface area is 110 Å². The molecule has 0 bridgehead atoms. The topological polar surface area (TPSA) is 73.9 Å². The van der Waals surface area contributed by atoms with E-state index in [0.717, 1.165) is 25.7 Å². The minimum Gasteiger partial charge on any atom is -0.388 e. The summed E-state index contributed by atoms with van der Waals surface area (Å²) in [6.45, 7) is 3.44. The van der Waals surface area contributed by atoms with Gasteiger partial charge in [-0.25, -0.2) is 0 Å². The summed E-state index contributed by atoms with van der Waals surface area (Å²) < 4.78 is 15.7. The molecule has 0 saturated heterocycles. The second-order valence-corrected chi connectivity index (χ2v) is 4.90. The van der Waals surface area contributed by atoms with Crippen LogP contribution in [0.3, 0.4) is 0 Å². The largest absolute Gasteiger partial charge is 0.388 e. The normalized spacial score (nSPS) is 27.8. The summed E-state index contributed by atoms with van der Waals surface area (Å²) in [5, 5.41) is 10.2. The first-order valence-corrected chi connectivity index (χ1v) is 6.80. The van der Waals surface area contributed by atoms with Crippen molar-refractivity contribution < 1.29 is 19.3 Å². The van der Waals surface area contributed by atoms with Gasteiger partial charge in [-0.1, -0.05) is 6.42 Å². The van der Waals surface area contributed by atoms with E-state index in [9.17, 15) is 5.11 Å². The number of rotatable bonds is 10. The second kappa shape index (κ2) is 8.82. The van der Waals surface area contributed by atoms with E-state index in [4.69, 9.17) is 19.9 Å². The van der Waals surface area contributed by atoms with Crippen molar-refractivity contribution in [2.75, 3.05) is 46.7 Å². The molecular weight excluding hydrogens is 234 g/mol. The Morgan fingerprint density at radius 1 is 1.17 bits per heavy atom. The average Bonchev–Trinajstić information content (AvgIpc) is 2.75. The smallest absolute Gasteiger partial charge is 0.0798 e. The Morgan fingerprint density at radius 2 is 1.83 bits per heavy atom. The van der Waals surface area contributed by atoms with Gasteiger partial charge in [-0.05, 0) is 25.2 Å². The van der Waals surface area contributed by atoms with Crippen molar-refractivity contribution in [3.63, 3.8) is 0 Å². The van der Waals surface area contributed by atoms with Gasteiger partial charge in [-0.2, -0.15) is 0 Å². The van der Waals surface area contributed by atoms with E-state index in [2.05, 4.69) is 0 Å². The summed E-state index contributed by atoms with van der Waals surface area (Å²) in [5.74, 6) is 0.289.